The van der Waals surface area contributed by atoms with E-state index in [1.807, 2.05) is 18.2 Å². The molecule has 1 aromatic heterocycles. The highest BCUT2D eigenvalue weighted by atomic mass is 35.5. The van der Waals surface area contributed by atoms with Gasteiger partial charge in [0.05, 0.1) is 11.9 Å². The van der Waals surface area contributed by atoms with Crippen molar-refractivity contribution in [3.05, 3.63) is 58.0 Å². The third-order valence-electron chi connectivity index (χ3n) is 6.99. The topological polar surface area (TPSA) is 94.5 Å². The first kappa shape index (κ1) is 30.0. The Labute approximate surface area is 246 Å². The zero-order valence-corrected chi connectivity index (χ0v) is 24.6. The van der Waals surface area contributed by atoms with Crippen LogP contribution in [0.25, 0.3) is 11.3 Å². The quantitative estimate of drug-likeness (QED) is 0.330. The van der Waals surface area contributed by atoms with Gasteiger partial charge in [0.2, 0.25) is 11.8 Å². The molecule has 0 saturated carbocycles. The zero-order chi connectivity index (χ0) is 28.5. The van der Waals surface area contributed by atoms with Gasteiger partial charge in [-0.2, -0.15) is 0 Å². The van der Waals surface area contributed by atoms with Gasteiger partial charge < -0.3 is 20.3 Å². The summed E-state index contributed by atoms with van der Waals surface area (Å²) in [6, 6.07) is 9.39. The van der Waals surface area contributed by atoms with Crippen molar-refractivity contribution in [2.75, 3.05) is 45.8 Å². The molecule has 0 bridgehead atoms. The minimum atomic E-state index is 0.0236. The molecule has 2 saturated heterocycles. The van der Waals surface area contributed by atoms with Gasteiger partial charge in [0.25, 0.3) is 0 Å². The Kier molecular flexibility index (Phi) is 10.9. The number of carbonyl (C=O) groups is 1. The number of piperidine rings is 1. The number of nitrogens with one attached hydrogen (secondary N) is 2. The Morgan fingerprint density at radius 1 is 1.12 bits per heavy atom. The van der Waals surface area contributed by atoms with Gasteiger partial charge in [-0.25, -0.2) is 15.0 Å². The number of aromatic nitrogens is 1. The predicted octanol–water partition coefficient (Wildman–Crippen LogP) is 4.61. The van der Waals surface area contributed by atoms with Crippen molar-refractivity contribution in [2.45, 2.75) is 33.2 Å². The second kappa shape index (κ2) is 14.6. The fourth-order valence-electron chi connectivity index (χ4n) is 4.89. The number of benzene rings is 1. The number of carbonyl (C=O) groups excluding carboxylic acids is 1. The molecule has 2 fully saturated rings. The highest BCUT2D eigenvalue weighted by Crippen LogP contribution is 2.29. The lowest BCUT2D eigenvalue weighted by Gasteiger charge is -2.32. The number of hydrogen-bond acceptors (Lipinski definition) is 8. The fraction of sp³-hybridized carbons (Fsp3) is 0.448. The second-order valence-corrected chi connectivity index (χ2v) is 11.0. The van der Waals surface area contributed by atoms with Crippen LogP contribution in [0, 0.1) is 5.92 Å². The van der Waals surface area contributed by atoms with Crippen molar-refractivity contribution >= 4 is 41.7 Å². The number of pyridine rings is 1. The van der Waals surface area contributed by atoms with Crippen LogP contribution in [0.2, 0.25) is 10.0 Å². The molecule has 0 spiro atoms. The third-order valence-corrected chi connectivity index (χ3v) is 7.43. The van der Waals surface area contributed by atoms with E-state index in [0.717, 1.165) is 82.0 Å². The summed E-state index contributed by atoms with van der Waals surface area (Å²) in [5.74, 6) is 2.12. The summed E-state index contributed by atoms with van der Waals surface area (Å²) in [5, 5.41) is 7.35. The van der Waals surface area contributed by atoms with Gasteiger partial charge in [-0.3, -0.25) is 9.69 Å². The molecule has 1 amide bonds. The van der Waals surface area contributed by atoms with Gasteiger partial charge >= 0.3 is 0 Å². The van der Waals surface area contributed by atoms with Crippen molar-refractivity contribution in [3.8, 4) is 17.1 Å². The number of ether oxygens (including phenoxy) is 1. The van der Waals surface area contributed by atoms with E-state index in [1.165, 1.54) is 0 Å². The van der Waals surface area contributed by atoms with E-state index in [9.17, 15) is 4.79 Å². The SMILES string of the molecule is C=N/C(=C\N=C(/C)Oc1cc(CN2CCC(CNC(C)=O)CC2)cc(-c2cc(Cl)cc(Cl)c2)n1)N1CCNCC1. The molecular weight excluding hydrogens is 549 g/mol. The Morgan fingerprint density at radius 2 is 1.82 bits per heavy atom. The lowest BCUT2D eigenvalue weighted by atomic mass is 9.96. The van der Waals surface area contributed by atoms with Crippen molar-refractivity contribution in [2.24, 2.45) is 15.9 Å². The van der Waals surface area contributed by atoms with E-state index >= 15 is 0 Å². The van der Waals surface area contributed by atoms with E-state index in [4.69, 9.17) is 32.9 Å². The summed E-state index contributed by atoms with van der Waals surface area (Å²) >= 11 is 12.6. The maximum atomic E-state index is 11.3. The van der Waals surface area contributed by atoms with Crippen LogP contribution in [-0.4, -0.2) is 79.1 Å². The summed E-state index contributed by atoms with van der Waals surface area (Å²) in [6.07, 6.45) is 3.76. The van der Waals surface area contributed by atoms with E-state index in [-0.39, 0.29) is 5.91 Å². The highest BCUT2D eigenvalue weighted by molar-refractivity contribution is 6.35. The summed E-state index contributed by atoms with van der Waals surface area (Å²) < 4.78 is 6.10. The average Bonchev–Trinajstić information content (AvgIpc) is 2.93. The van der Waals surface area contributed by atoms with Gasteiger partial charge in [-0.05, 0) is 68.4 Å². The molecule has 2 N–H and O–H groups in total. The molecule has 4 rings (SSSR count). The van der Waals surface area contributed by atoms with Gasteiger partial charge in [0.15, 0.2) is 5.90 Å². The number of rotatable bonds is 9. The zero-order valence-electron chi connectivity index (χ0n) is 23.1. The molecule has 2 aliphatic rings. The molecule has 214 valence electrons. The second-order valence-electron chi connectivity index (χ2n) is 10.1. The minimum Gasteiger partial charge on any atom is -0.425 e. The highest BCUT2D eigenvalue weighted by Gasteiger charge is 2.20. The maximum Gasteiger partial charge on any atom is 0.221 e. The van der Waals surface area contributed by atoms with E-state index in [1.54, 1.807) is 26.1 Å². The fourth-order valence-corrected chi connectivity index (χ4v) is 5.42. The number of nitrogens with zero attached hydrogens (tertiary/aromatic N) is 5. The lowest BCUT2D eigenvalue weighted by molar-refractivity contribution is -0.119. The standard InChI is InChI=1S/C29H37Cl2N7O2/c1-20(39)34-17-22-4-8-37(9-5-22)19-23-12-27(24-14-25(30)16-26(31)15-24)36-29(13-23)40-21(2)35-18-28(32-3)38-10-6-33-7-11-38/h12-16,18,22,33H,3-11,17,19H2,1-2H3,(H,34,39)/b28-18+,35-21+. The predicted molar refractivity (Wildman–Crippen MR) is 162 cm³/mol. The largest absolute Gasteiger partial charge is 0.425 e. The van der Waals surface area contributed by atoms with E-state index < -0.39 is 0 Å². The van der Waals surface area contributed by atoms with Crippen LogP contribution in [0.3, 0.4) is 0 Å². The summed E-state index contributed by atoms with van der Waals surface area (Å²) in [6.45, 7) is 13.9. The van der Waals surface area contributed by atoms with Crippen molar-refractivity contribution < 1.29 is 9.53 Å². The summed E-state index contributed by atoms with van der Waals surface area (Å²) in [7, 11) is 0. The maximum absolute atomic E-state index is 11.3. The monoisotopic (exact) mass is 585 g/mol. The van der Waals surface area contributed by atoms with Gasteiger partial charge in [-0.1, -0.05) is 23.2 Å². The summed E-state index contributed by atoms with van der Waals surface area (Å²) in [4.78, 5) is 29.2. The van der Waals surface area contributed by atoms with Crippen molar-refractivity contribution in [1.29, 1.82) is 0 Å². The molecule has 0 aliphatic carbocycles. The van der Waals surface area contributed by atoms with Gasteiger partial charge in [0, 0.05) is 74.8 Å². The number of aliphatic imine (C=N–C) groups is 2. The Hall–Kier alpha value is -2.98. The van der Waals surface area contributed by atoms with Crippen LogP contribution in [0.4, 0.5) is 0 Å². The molecule has 0 radical (unpaired) electrons. The van der Waals surface area contributed by atoms with Crippen LogP contribution in [0.1, 0.15) is 32.3 Å². The molecule has 2 aromatic rings. The lowest BCUT2D eigenvalue weighted by Crippen LogP contribution is -2.42. The van der Waals surface area contributed by atoms with Crippen LogP contribution < -0.4 is 15.4 Å². The minimum absolute atomic E-state index is 0.0236. The van der Waals surface area contributed by atoms with Crippen LogP contribution in [0.5, 0.6) is 5.88 Å². The smallest absolute Gasteiger partial charge is 0.221 e. The van der Waals surface area contributed by atoms with Crippen LogP contribution >= 0.6 is 23.2 Å². The molecule has 3 heterocycles. The molecule has 9 nitrogen and oxygen atoms in total. The molecule has 2 aliphatic heterocycles. The van der Waals surface area contributed by atoms with Gasteiger partial charge in [-0.15, -0.1) is 0 Å². The molecule has 40 heavy (non-hydrogen) atoms. The number of piperazine rings is 1. The molecular formula is C29H37Cl2N7O2. The number of amides is 1. The molecule has 11 heteroatoms. The van der Waals surface area contributed by atoms with E-state index in [2.05, 4.69) is 43.2 Å². The molecule has 0 unspecified atom stereocenters. The van der Waals surface area contributed by atoms with Gasteiger partial charge in [0.1, 0.15) is 5.82 Å². The Morgan fingerprint density at radius 3 is 2.48 bits per heavy atom. The number of hydrogen-bond donors (Lipinski definition) is 2. The van der Waals surface area contributed by atoms with Crippen LogP contribution in [-0.2, 0) is 11.3 Å². The van der Waals surface area contributed by atoms with Crippen molar-refractivity contribution in [1.82, 2.24) is 25.4 Å². The first-order valence-corrected chi connectivity index (χ1v) is 14.3. The Bertz CT molecular complexity index is 1230. The number of likely N-dealkylation sites (tertiary alicyclic amines) is 1. The number of halogens is 2. The first-order valence-electron chi connectivity index (χ1n) is 13.6. The van der Waals surface area contributed by atoms with E-state index in [0.29, 0.717) is 33.6 Å². The Balaban J connectivity index is 1.52. The third kappa shape index (κ3) is 9.02. The van der Waals surface area contributed by atoms with Crippen LogP contribution in [0.15, 0.2) is 52.3 Å². The average molecular weight is 587 g/mol. The molecule has 0 atom stereocenters. The van der Waals surface area contributed by atoms with Crippen molar-refractivity contribution in [3.63, 3.8) is 0 Å². The first-order chi connectivity index (χ1) is 19.3. The molecule has 1 aromatic carbocycles. The normalized spacial score (nSPS) is 17.6. The summed E-state index contributed by atoms with van der Waals surface area (Å²) in [5.41, 5.74) is 2.59.